The maximum atomic E-state index is 12.5. The summed E-state index contributed by atoms with van der Waals surface area (Å²) in [4.78, 5) is 14.5. The number of hydrogen-bond acceptors (Lipinski definition) is 2. The van der Waals surface area contributed by atoms with Gasteiger partial charge >= 0.3 is 0 Å². The van der Waals surface area contributed by atoms with Gasteiger partial charge in [0.25, 0.3) is 0 Å². The second-order valence-corrected chi connectivity index (χ2v) is 5.08. The number of nitrogens with zero attached hydrogens (tertiary/aromatic N) is 1. The highest BCUT2D eigenvalue weighted by molar-refractivity contribution is 5.98. The molecule has 18 heavy (non-hydrogen) atoms. The molecule has 0 aliphatic carbocycles. The van der Waals surface area contributed by atoms with Gasteiger partial charge in [-0.25, -0.2) is 0 Å². The van der Waals surface area contributed by atoms with E-state index in [2.05, 4.69) is 30.4 Å². The lowest BCUT2D eigenvalue weighted by Crippen LogP contribution is -2.40. The van der Waals surface area contributed by atoms with E-state index in [1.807, 2.05) is 11.0 Å². The van der Waals surface area contributed by atoms with Crippen molar-refractivity contribution in [2.24, 2.45) is 5.92 Å². The first-order chi connectivity index (χ1) is 8.27. The highest BCUT2D eigenvalue weighted by Gasteiger charge is 2.35. The Morgan fingerprint density at radius 2 is 2.17 bits per heavy atom. The van der Waals surface area contributed by atoms with Crippen LogP contribution in [0.4, 0.5) is 5.69 Å². The normalized spacial score (nSPS) is 25.7. The molecule has 1 fully saturated rings. The third-order valence-corrected chi connectivity index (χ3v) is 3.85. The number of para-hydroxylation sites is 1. The molecule has 0 bridgehead atoms. The van der Waals surface area contributed by atoms with Crippen molar-refractivity contribution in [1.29, 1.82) is 0 Å². The highest BCUT2D eigenvalue weighted by atomic mass is 35.5. The molecule has 3 nitrogen and oxygen atoms in total. The number of rotatable bonds is 1. The molecular weight excluding hydrogens is 248 g/mol. The van der Waals surface area contributed by atoms with Crippen molar-refractivity contribution in [3.63, 3.8) is 0 Å². The number of anilines is 1. The van der Waals surface area contributed by atoms with E-state index in [4.69, 9.17) is 0 Å². The topological polar surface area (TPSA) is 32.3 Å². The van der Waals surface area contributed by atoms with Crippen LogP contribution in [-0.2, 0) is 11.2 Å². The number of benzene rings is 1. The monoisotopic (exact) mass is 266 g/mol. The SMILES string of the molecule is CC1Cc2ccccc2N1C(=O)C1CCNC1.Cl. The van der Waals surface area contributed by atoms with Gasteiger partial charge in [-0.1, -0.05) is 18.2 Å². The summed E-state index contributed by atoms with van der Waals surface area (Å²) < 4.78 is 0. The van der Waals surface area contributed by atoms with Crippen LogP contribution in [0.1, 0.15) is 18.9 Å². The van der Waals surface area contributed by atoms with Crippen molar-refractivity contribution in [3.8, 4) is 0 Å². The Kier molecular flexibility index (Phi) is 3.93. The Morgan fingerprint density at radius 1 is 1.39 bits per heavy atom. The molecule has 3 rings (SSSR count). The minimum Gasteiger partial charge on any atom is -0.316 e. The first kappa shape index (κ1) is 13.4. The van der Waals surface area contributed by atoms with Gasteiger partial charge in [-0.3, -0.25) is 4.79 Å². The molecule has 0 spiro atoms. The summed E-state index contributed by atoms with van der Waals surface area (Å²) in [5.74, 6) is 0.469. The lowest BCUT2D eigenvalue weighted by molar-refractivity contribution is -0.122. The molecule has 1 N–H and O–H groups in total. The molecule has 1 aromatic carbocycles. The zero-order valence-electron chi connectivity index (χ0n) is 10.6. The zero-order chi connectivity index (χ0) is 11.8. The van der Waals surface area contributed by atoms with Crippen LogP contribution in [0.25, 0.3) is 0 Å². The average Bonchev–Trinajstić information content (AvgIpc) is 2.94. The number of nitrogens with one attached hydrogen (secondary N) is 1. The van der Waals surface area contributed by atoms with Crippen LogP contribution in [0, 0.1) is 5.92 Å². The largest absolute Gasteiger partial charge is 0.316 e. The third-order valence-electron chi connectivity index (χ3n) is 3.85. The Balaban J connectivity index is 0.00000120. The second-order valence-electron chi connectivity index (χ2n) is 5.08. The first-order valence-corrected chi connectivity index (χ1v) is 6.39. The summed E-state index contributed by atoms with van der Waals surface area (Å²) in [5.41, 5.74) is 2.43. The van der Waals surface area contributed by atoms with Crippen molar-refractivity contribution >= 4 is 24.0 Å². The fraction of sp³-hybridized carbons (Fsp3) is 0.500. The third kappa shape index (κ3) is 2.13. The van der Waals surface area contributed by atoms with Gasteiger partial charge in [-0.2, -0.15) is 0 Å². The standard InChI is InChI=1S/C14H18N2O.ClH/c1-10-8-11-4-2-3-5-13(11)16(10)14(17)12-6-7-15-9-12;/h2-5,10,12,15H,6-9H2,1H3;1H. The molecule has 2 aliphatic heterocycles. The molecule has 1 amide bonds. The number of fused-ring (bicyclic) bond motifs is 1. The van der Waals surface area contributed by atoms with E-state index in [0.717, 1.165) is 31.6 Å². The van der Waals surface area contributed by atoms with Crippen LogP contribution in [0.15, 0.2) is 24.3 Å². The van der Waals surface area contributed by atoms with E-state index in [1.165, 1.54) is 5.56 Å². The summed E-state index contributed by atoms with van der Waals surface area (Å²) in [6, 6.07) is 8.58. The second kappa shape index (κ2) is 5.29. The van der Waals surface area contributed by atoms with Gasteiger partial charge in [0, 0.05) is 18.3 Å². The van der Waals surface area contributed by atoms with Crippen molar-refractivity contribution in [1.82, 2.24) is 5.32 Å². The van der Waals surface area contributed by atoms with Crippen molar-refractivity contribution in [3.05, 3.63) is 29.8 Å². The minimum absolute atomic E-state index is 0. The number of halogens is 1. The summed E-state index contributed by atoms with van der Waals surface area (Å²) in [6.07, 6.45) is 1.96. The van der Waals surface area contributed by atoms with Crippen LogP contribution < -0.4 is 10.2 Å². The van der Waals surface area contributed by atoms with E-state index in [-0.39, 0.29) is 18.3 Å². The van der Waals surface area contributed by atoms with Gasteiger partial charge in [0.05, 0.1) is 5.92 Å². The molecule has 0 aromatic heterocycles. The quantitative estimate of drug-likeness (QED) is 0.843. The van der Waals surface area contributed by atoms with E-state index >= 15 is 0 Å². The summed E-state index contributed by atoms with van der Waals surface area (Å²) in [6.45, 7) is 3.95. The zero-order valence-corrected chi connectivity index (χ0v) is 11.4. The molecule has 98 valence electrons. The predicted octanol–water partition coefficient (Wildman–Crippen LogP) is 2.00. The molecule has 0 saturated carbocycles. The fourth-order valence-corrected chi connectivity index (χ4v) is 2.96. The average molecular weight is 267 g/mol. The van der Waals surface area contributed by atoms with Gasteiger partial charge in [-0.15, -0.1) is 12.4 Å². The summed E-state index contributed by atoms with van der Waals surface area (Å²) in [5, 5.41) is 3.27. The molecule has 4 heteroatoms. The number of carbonyl (C=O) groups is 1. The molecule has 2 aliphatic rings. The molecule has 2 heterocycles. The molecule has 1 aromatic rings. The number of carbonyl (C=O) groups excluding carboxylic acids is 1. The predicted molar refractivity (Wildman–Crippen MR) is 75.3 cm³/mol. The Bertz CT molecular complexity index is 443. The van der Waals surface area contributed by atoms with Crippen LogP contribution in [-0.4, -0.2) is 25.0 Å². The van der Waals surface area contributed by atoms with E-state index in [1.54, 1.807) is 0 Å². The van der Waals surface area contributed by atoms with Crippen LogP contribution >= 0.6 is 12.4 Å². The smallest absolute Gasteiger partial charge is 0.231 e. The lowest BCUT2D eigenvalue weighted by atomic mass is 10.1. The van der Waals surface area contributed by atoms with E-state index in [0.29, 0.717) is 11.9 Å². The maximum Gasteiger partial charge on any atom is 0.231 e. The summed E-state index contributed by atoms with van der Waals surface area (Å²) in [7, 11) is 0. The molecule has 0 radical (unpaired) electrons. The van der Waals surface area contributed by atoms with Gasteiger partial charge in [0.1, 0.15) is 0 Å². The molecule has 2 unspecified atom stereocenters. The van der Waals surface area contributed by atoms with Crippen molar-refractivity contribution in [2.75, 3.05) is 18.0 Å². The minimum atomic E-state index is 0. The number of amides is 1. The Morgan fingerprint density at radius 3 is 2.89 bits per heavy atom. The van der Waals surface area contributed by atoms with Gasteiger partial charge < -0.3 is 10.2 Å². The van der Waals surface area contributed by atoms with E-state index < -0.39 is 0 Å². The van der Waals surface area contributed by atoms with Crippen LogP contribution in [0.5, 0.6) is 0 Å². The highest BCUT2D eigenvalue weighted by Crippen LogP contribution is 2.33. The van der Waals surface area contributed by atoms with Crippen molar-refractivity contribution in [2.45, 2.75) is 25.8 Å². The number of hydrogen-bond donors (Lipinski definition) is 1. The Labute approximate surface area is 114 Å². The van der Waals surface area contributed by atoms with E-state index in [9.17, 15) is 4.79 Å². The molecule has 2 atom stereocenters. The first-order valence-electron chi connectivity index (χ1n) is 6.39. The molecule has 1 saturated heterocycles. The lowest BCUT2D eigenvalue weighted by Gasteiger charge is -2.25. The fourth-order valence-electron chi connectivity index (χ4n) is 2.96. The summed E-state index contributed by atoms with van der Waals surface area (Å²) >= 11 is 0. The molecular formula is C14H19ClN2O. The van der Waals surface area contributed by atoms with Crippen molar-refractivity contribution < 1.29 is 4.79 Å². The van der Waals surface area contributed by atoms with Gasteiger partial charge in [-0.05, 0) is 37.9 Å². The van der Waals surface area contributed by atoms with Gasteiger partial charge in [0.2, 0.25) is 5.91 Å². The Hall–Kier alpha value is -1.06. The van der Waals surface area contributed by atoms with Gasteiger partial charge in [0.15, 0.2) is 0 Å². The maximum absolute atomic E-state index is 12.5. The van der Waals surface area contributed by atoms with Crippen LogP contribution in [0.3, 0.4) is 0 Å². The van der Waals surface area contributed by atoms with Crippen LogP contribution in [0.2, 0.25) is 0 Å².